The fraction of sp³-hybridized carbons (Fsp3) is 0.174. The zero-order valence-corrected chi connectivity index (χ0v) is 15.1. The maximum atomic E-state index is 13.0. The lowest BCUT2D eigenvalue weighted by Gasteiger charge is -2.26. The Morgan fingerprint density at radius 3 is 2.00 bits per heavy atom. The molecule has 0 radical (unpaired) electrons. The Labute approximate surface area is 154 Å². The second kappa shape index (κ2) is 8.34. The summed E-state index contributed by atoms with van der Waals surface area (Å²) in [5.41, 5.74) is 2.77. The van der Waals surface area contributed by atoms with E-state index in [1.165, 1.54) is 0 Å². The lowest BCUT2D eigenvalue weighted by Crippen LogP contribution is -2.25. The van der Waals surface area contributed by atoms with E-state index in [0.717, 1.165) is 22.6 Å². The molecule has 132 valence electrons. The standard InChI is InChI=1S/C23H23NO2/c1-17(23(25)19-11-7-4-8-12-19)22(18-9-5-3-6-10-18)24-20-13-15-21(26-2)16-14-20/h3-17,22,24H,1-2H3. The summed E-state index contributed by atoms with van der Waals surface area (Å²) >= 11 is 0. The second-order valence-corrected chi connectivity index (χ2v) is 6.28. The minimum Gasteiger partial charge on any atom is -0.497 e. The summed E-state index contributed by atoms with van der Waals surface area (Å²) in [7, 11) is 1.65. The van der Waals surface area contributed by atoms with Crippen molar-refractivity contribution in [2.45, 2.75) is 13.0 Å². The van der Waals surface area contributed by atoms with E-state index in [-0.39, 0.29) is 17.7 Å². The SMILES string of the molecule is COc1ccc(NC(c2ccccc2)C(C)C(=O)c2ccccc2)cc1. The van der Waals surface area contributed by atoms with Crippen LogP contribution in [-0.2, 0) is 0 Å². The largest absolute Gasteiger partial charge is 0.497 e. The molecule has 3 heteroatoms. The maximum absolute atomic E-state index is 13.0. The number of hydrogen-bond acceptors (Lipinski definition) is 3. The molecule has 2 atom stereocenters. The molecule has 0 heterocycles. The molecular weight excluding hydrogens is 322 g/mol. The maximum Gasteiger partial charge on any atom is 0.168 e. The molecule has 0 aliphatic rings. The van der Waals surface area contributed by atoms with Crippen LogP contribution in [-0.4, -0.2) is 12.9 Å². The van der Waals surface area contributed by atoms with E-state index in [2.05, 4.69) is 17.4 Å². The summed E-state index contributed by atoms with van der Waals surface area (Å²) in [6.07, 6.45) is 0. The van der Waals surface area contributed by atoms with Gasteiger partial charge in [0, 0.05) is 17.2 Å². The van der Waals surface area contributed by atoms with Crippen LogP contribution in [0.15, 0.2) is 84.9 Å². The van der Waals surface area contributed by atoms with Crippen molar-refractivity contribution in [2.75, 3.05) is 12.4 Å². The summed E-state index contributed by atoms with van der Waals surface area (Å²) in [6, 6.07) is 27.2. The van der Waals surface area contributed by atoms with Gasteiger partial charge in [-0.25, -0.2) is 0 Å². The molecule has 0 aromatic heterocycles. The van der Waals surface area contributed by atoms with E-state index in [9.17, 15) is 4.79 Å². The molecule has 0 amide bonds. The van der Waals surface area contributed by atoms with Crippen LogP contribution in [0.25, 0.3) is 0 Å². The van der Waals surface area contributed by atoms with Gasteiger partial charge in [0.2, 0.25) is 0 Å². The number of carbonyl (C=O) groups is 1. The van der Waals surface area contributed by atoms with Crippen LogP contribution in [0.1, 0.15) is 28.9 Å². The molecule has 3 aromatic rings. The summed E-state index contributed by atoms with van der Waals surface area (Å²) in [5, 5.41) is 3.52. The molecule has 2 unspecified atom stereocenters. The number of Topliss-reactive ketones (excluding diaryl/α,β-unsaturated/α-hetero) is 1. The molecule has 3 rings (SSSR count). The number of hydrogen-bond donors (Lipinski definition) is 1. The average molecular weight is 345 g/mol. The fourth-order valence-electron chi connectivity index (χ4n) is 3.04. The van der Waals surface area contributed by atoms with Gasteiger partial charge in [0.1, 0.15) is 5.75 Å². The molecule has 1 N–H and O–H groups in total. The third-order valence-corrected chi connectivity index (χ3v) is 4.54. The number of carbonyl (C=O) groups excluding carboxylic acids is 1. The minimum absolute atomic E-state index is 0.125. The molecule has 0 fully saturated rings. The van der Waals surface area contributed by atoms with Gasteiger partial charge in [0.05, 0.1) is 13.2 Å². The summed E-state index contributed by atoms with van der Waals surface area (Å²) in [4.78, 5) is 13.0. The fourth-order valence-corrected chi connectivity index (χ4v) is 3.04. The first-order valence-electron chi connectivity index (χ1n) is 8.74. The zero-order chi connectivity index (χ0) is 18.4. The van der Waals surface area contributed by atoms with Gasteiger partial charge in [-0.1, -0.05) is 67.6 Å². The van der Waals surface area contributed by atoms with Gasteiger partial charge in [0.15, 0.2) is 5.78 Å². The third-order valence-electron chi connectivity index (χ3n) is 4.54. The lowest BCUT2D eigenvalue weighted by molar-refractivity contribution is 0.0917. The monoisotopic (exact) mass is 345 g/mol. The average Bonchev–Trinajstić information content (AvgIpc) is 2.72. The van der Waals surface area contributed by atoms with Crippen LogP contribution >= 0.6 is 0 Å². The Balaban J connectivity index is 1.89. The van der Waals surface area contributed by atoms with Crippen molar-refractivity contribution in [1.29, 1.82) is 0 Å². The number of nitrogens with one attached hydrogen (secondary N) is 1. The zero-order valence-electron chi connectivity index (χ0n) is 15.1. The van der Waals surface area contributed by atoms with Gasteiger partial charge >= 0.3 is 0 Å². The predicted octanol–water partition coefficient (Wildman–Crippen LogP) is 5.37. The molecule has 0 aliphatic carbocycles. The number of methoxy groups -OCH3 is 1. The first-order valence-corrected chi connectivity index (χ1v) is 8.74. The van der Waals surface area contributed by atoms with Gasteiger partial charge in [-0.2, -0.15) is 0 Å². The molecule has 0 spiro atoms. The smallest absolute Gasteiger partial charge is 0.168 e. The van der Waals surface area contributed by atoms with Crippen LogP contribution < -0.4 is 10.1 Å². The number of anilines is 1. The van der Waals surface area contributed by atoms with Crippen molar-refractivity contribution in [3.63, 3.8) is 0 Å². The van der Waals surface area contributed by atoms with Crippen LogP contribution in [0.3, 0.4) is 0 Å². The Morgan fingerprint density at radius 2 is 1.42 bits per heavy atom. The van der Waals surface area contributed by atoms with Crippen molar-refractivity contribution in [3.8, 4) is 5.75 Å². The normalized spacial score (nSPS) is 12.8. The van der Waals surface area contributed by atoms with E-state index in [1.54, 1.807) is 7.11 Å². The Hall–Kier alpha value is -3.07. The first-order chi connectivity index (χ1) is 12.7. The lowest BCUT2D eigenvalue weighted by atomic mass is 9.88. The molecular formula is C23H23NO2. The predicted molar refractivity (Wildman–Crippen MR) is 106 cm³/mol. The van der Waals surface area contributed by atoms with Gasteiger partial charge < -0.3 is 10.1 Å². The van der Waals surface area contributed by atoms with Crippen LogP contribution in [0, 0.1) is 5.92 Å². The summed E-state index contributed by atoms with van der Waals surface area (Å²) in [5.74, 6) is 0.711. The molecule has 26 heavy (non-hydrogen) atoms. The highest BCUT2D eigenvalue weighted by atomic mass is 16.5. The highest BCUT2D eigenvalue weighted by Gasteiger charge is 2.26. The summed E-state index contributed by atoms with van der Waals surface area (Å²) in [6.45, 7) is 1.98. The first kappa shape index (κ1) is 17.7. The highest BCUT2D eigenvalue weighted by molar-refractivity contribution is 5.98. The Bertz CT molecular complexity index is 829. The minimum atomic E-state index is -0.220. The van der Waals surface area contributed by atoms with Crippen LogP contribution in [0.5, 0.6) is 5.75 Å². The number of rotatable bonds is 7. The number of ether oxygens (including phenoxy) is 1. The van der Waals surface area contributed by atoms with Crippen molar-refractivity contribution in [2.24, 2.45) is 5.92 Å². The highest BCUT2D eigenvalue weighted by Crippen LogP contribution is 2.30. The Kier molecular flexibility index (Phi) is 5.69. The molecule has 0 aliphatic heterocycles. The third kappa shape index (κ3) is 4.12. The Morgan fingerprint density at radius 1 is 0.846 bits per heavy atom. The van der Waals surface area contributed by atoms with E-state index in [4.69, 9.17) is 4.74 Å². The van der Waals surface area contributed by atoms with E-state index in [0.29, 0.717) is 0 Å². The van der Waals surface area contributed by atoms with E-state index >= 15 is 0 Å². The van der Waals surface area contributed by atoms with Crippen LogP contribution in [0.2, 0.25) is 0 Å². The molecule has 3 aromatic carbocycles. The quantitative estimate of drug-likeness (QED) is 0.585. The molecule has 0 saturated carbocycles. The van der Waals surface area contributed by atoms with Crippen LogP contribution in [0.4, 0.5) is 5.69 Å². The second-order valence-electron chi connectivity index (χ2n) is 6.28. The van der Waals surface area contributed by atoms with Gasteiger partial charge in [0.25, 0.3) is 0 Å². The van der Waals surface area contributed by atoms with E-state index < -0.39 is 0 Å². The van der Waals surface area contributed by atoms with Crippen molar-refractivity contribution in [3.05, 3.63) is 96.1 Å². The summed E-state index contributed by atoms with van der Waals surface area (Å²) < 4.78 is 5.22. The molecule has 3 nitrogen and oxygen atoms in total. The van der Waals surface area contributed by atoms with Gasteiger partial charge in [-0.05, 0) is 29.8 Å². The number of ketones is 1. The topological polar surface area (TPSA) is 38.3 Å². The molecule has 0 saturated heterocycles. The van der Waals surface area contributed by atoms with Crippen molar-refractivity contribution in [1.82, 2.24) is 0 Å². The van der Waals surface area contributed by atoms with Gasteiger partial charge in [-0.15, -0.1) is 0 Å². The van der Waals surface area contributed by atoms with Crippen molar-refractivity contribution >= 4 is 11.5 Å². The number of benzene rings is 3. The van der Waals surface area contributed by atoms with E-state index in [1.807, 2.05) is 79.7 Å². The van der Waals surface area contributed by atoms with Gasteiger partial charge in [-0.3, -0.25) is 4.79 Å². The molecule has 0 bridgehead atoms. The van der Waals surface area contributed by atoms with Crippen molar-refractivity contribution < 1.29 is 9.53 Å².